The van der Waals surface area contributed by atoms with E-state index >= 15 is 0 Å². The summed E-state index contributed by atoms with van der Waals surface area (Å²) in [6, 6.07) is 12.9. The molecule has 4 aliphatic rings. The summed E-state index contributed by atoms with van der Waals surface area (Å²) < 4.78 is 0. The molecule has 10 heteroatoms. The van der Waals surface area contributed by atoms with E-state index < -0.39 is 17.4 Å². The van der Waals surface area contributed by atoms with Crippen molar-refractivity contribution >= 4 is 40.7 Å². The van der Waals surface area contributed by atoms with Gasteiger partial charge in [0.2, 0.25) is 17.7 Å². The molecule has 3 fully saturated rings. The van der Waals surface area contributed by atoms with E-state index in [1.807, 2.05) is 36.4 Å². The van der Waals surface area contributed by atoms with Crippen LogP contribution >= 0.6 is 0 Å². The van der Waals surface area contributed by atoms with Crippen LogP contribution < -0.4 is 14.7 Å². The third-order valence-electron chi connectivity index (χ3n) is 10.1. The second kappa shape index (κ2) is 13.4. The second-order valence-electron chi connectivity index (χ2n) is 13.0. The topological polar surface area (TPSA) is 122 Å². The van der Waals surface area contributed by atoms with Crippen LogP contribution in [0.25, 0.3) is 0 Å². The third-order valence-corrected chi connectivity index (χ3v) is 10.1. The van der Waals surface area contributed by atoms with Crippen LogP contribution in [0.3, 0.4) is 0 Å². The van der Waals surface area contributed by atoms with Gasteiger partial charge in [-0.3, -0.25) is 19.2 Å². The van der Waals surface area contributed by atoms with E-state index in [9.17, 15) is 29.4 Å². The van der Waals surface area contributed by atoms with Crippen LogP contribution in [-0.4, -0.2) is 71.0 Å². The first-order chi connectivity index (χ1) is 22.2. The van der Waals surface area contributed by atoms with Crippen molar-refractivity contribution in [1.82, 2.24) is 4.90 Å². The Morgan fingerprint density at radius 1 is 0.913 bits per heavy atom. The van der Waals surface area contributed by atoms with Crippen molar-refractivity contribution in [1.29, 1.82) is 0 Å². The average molecular weight is 629 g/mol. The average Bonchev–Trinajstić information content (AvgIpc) is 3.63. The van der Waals surface area contributed by atoms with Crippen molar-refractivity contribution in [2.75, 3.05) is 40.9 Å². The molecular formula is C36H44N4O6. The third kappa shape index (κ3) is 5.96. The highest BCUT2D eigenvalue weighted by Gasteiger charge is 2.53. The van der Waals surface area contributed by atoms with Gasteiger partial charge in [0, 0.05) is 61.8 Å². The molecule has 3 atom stereocenters. The zero-order valence-corrected chi connectivity index (χ0v) is 26.6. The standard InChI is InChI=1S/C36H44N4O6/c1-25(8-6-12-34(44)39-21-7-9-29(39)24-41)36(46)30-22-28(38-20-5-3-11-33(38)43)17-18-31(30)40(35(36)45)23-26-13-15-27(16-14-26)37-19-4-2-10-32(37)42/h6,8,13-18,22,25,29,41,46H,2-5,7,9-12,19-21,23-24H2,1H3/b8-6+/t25-,29+,36+/m1/s1. The Morgan fingerprint density at radius 2 is 1.57 bits per heavy atom. The van der Waals surface area contributed by atoms with Crippen molar-refractivity contribution in [2.24, 2.45) is 5.92 Å². The monoisotopic (exact) mass is 628 g/mol. The first-order valence-corrected chi connectivity index (χ1v) is 16.7. The Kier molecular flexibility index (Phi) is 9.29. The zero-order valence-electron chi connectivity index (χ0n) is 26.6. The minimum Gasteiger partial charge on any atom is -0.394 e. The molecule has 3 saturated heterocycles. The summed E-state index contributed by atoms with van der Waals surface area (Å²) in [4.78, 5) is 59.1. The Balaban J connectivity index is 1.27. The van der Waals surface area contributed by atoms with E-state index in [2.05, 4.69) is 0 Å². The van der Waals surface area contributed by atoms with E-state index in [1.165, 1.54) is 0 Å². The normalized spacial score (nSPS) is 24.3. The maximum Gasteiger partial charge on any atom is 0.264 e. The minimum atomic E-state index is -1.91. The second-order valence-corrected chi connectivity index (χ2v) is 13.0. The van der Waals surface area contributed by atoms with E-state index in [1.54, 1.807) is 44.7 Å². The number of rotatable bonds is 9. The lowest BCUT2D eigenvalue weighted by molar-refractivity contribution is -0.139. The SMILES string of the molecule is C[C@H](/C=C/CC(=O)N1CCC[C@H]1CO)[C@@]1(O)C(=O)N(Cc2ccc(N3CCCCC3=O)cc2)c2ccc(N3CCCCC3=O)cc21. The molecule has 0 radical (unpaired) electrons. The lowest BCUT2D eigenvalue weighted by atomic mass is 9.82. The molecule has 0 aliphatic carbocycles. The summed E-state index contributed by atoms with van der Waals surface area (Å²) >= 11 is 0. The number of carbonyl (C=O) groups excluding carboxylic acids is 4. The van der Waals surface area contributed by atoms with E-state index in [0.29, 0.717) is 49.4 Å². The number of piperidine rings is 2. The number of anilines is 3. The molecule has 0 bridgehead atoms. The summed E-state index contributed by atoms with van der Waals surface area (Å²) in [6.45, 7) is 3.82. The van der Waals surface area contributed by atoms with Gasteiger partial charge in [-0.05, 0) is 74.4 Å². The van der Waals surface area contributed by atoms with Crippen molar-refractivity contribution in [2.45, 2.75) is 82.9 Å². The van der Waals surface area contributed by atoms with Gasteiger partial charge in [0.25, 0.3) is 5.91 Å². The van der Waals surface area contributed by atoms with Gasteiger partial charge in [0.1, 0.15) is 0 Å². The summed E-state index contributed by atoms with van der Waals surface area (Å²) in [5.74, 6) is -1.09. The summed E-state index contributed by atoms with van der Waals surface area (Å²) in [5.41, 5.74) is 1.45. The molecule has 4 amide bonds. The molecule has 4 aliphatic heterocycles. The number of aliphatic hydroxyl groups excluding tert-OH is 1. The van der Waals surface area contributed by atoms with Gasteiger partial charge in [-0.2, -0.15) is 0 Å². The molecule has 4 heterocycles. The van der Waals surface area contributed by atoms with Crippen LogP contribution in [-0.2, 0) is 31.3 Å². The molecule has 10 nitrogen and oxygen atoms in total. The highest BCUT2D eigenvalue weighted by atomic mass is 16.3. The maximum atomic E-state index is 14.2. The number of fused-ring (bicyclic) bond motifs is 1. The Hall–Kier alpha value is -4.02. The number of nitrogens with zero attached hydrogens (tertiary/aromatic N) is 4. The van der Waals surface area contributed by atoms with E-state index in [0.717, 1.165) is 49.8 Å². The van der Waals surface area contributed by atoms with Crippen LogP contribution in [0.15, 0.2) is 54.6 Å². The number of aliphatic hydroxyl groups is 2. The summed E-state index contributed by atoms with van der Waals surface area (Å²) in [7, 11) is 0. The first kappa shape index (κ1) is 31.9. The molecule has 2 aromatic carbocycles. The highest BCUT2D eigenvalue weighted by Crippen LogP contribution is 2.47. The molecule has 2 aromatic rings. The van der Waals surface area contributed by atoms with Gasteiger partial charge < -0.3 is 29.8 Å². The van der Waals surface area contributed by atoms with Crippen LogP contribution in [0.1, 0.15) is 75.8 Å². The lowest BCUT2D eigenvalue weighted by Gasteiger charge is -2.30. The molecule has 0 unspecified atom stereocenters. The first-order valence-electron chi connectivity index (χ1n) is 16.7. The number of benzene rings is 2. The highest BCUT2D eigenvalue weighted by molar-refractivity contribution is 6.08. The number of likely N-dealkylation sites (tertiary alicyclic amines) is 1. The van der Waals surface area contributed by atoms with Crippen molar-refractivity contribution in [3.05, 3.63) is 65.7 Å². The molecule has 46 heavy (non-hydrogen) atoms. The number of hydrogen-bond donors (Lipinski definition) is 2. The molecule has 0 aromatic heterocycles. The van der Waals surface area contributed by atoms with Gasteiger partial charge in [-0.1, -0.05) is 31.2 Å². The number of hydrogen-bond acceptors (Lipinski definition) is 6. The smallest absolute Gasteiger partial charge is 0.264 e. The van der Waals surface area contributed by atoms with Crippen molar-refractivity contribution < 1.29 is 29.4 Å². The maximum absolute atomic E-state index is 14.2. The summed E-state index contributed by atoms with van der Waals surface area (Å²) in [6.07, 6.45) is 9.79. The fourth-order valence-corrected chi connectivity index (χ4v) is 7.36. The van der Waals surface area contributed by atoms with Crippen molar-refractivity contribution in [3.63, 3.8) is 0 Å². The van der Waals surface area contributed by atoms with Crippen LogP contribution in [0.4, 0.5) is 17.1 Å². The largest absolute Gasteiger partial charge is 0.394 e. The number of carbonyl (C=O) groups is 4. The molecule has 2 N–H and O–H groups in total. The molecule has 0 saturated carbocycles. The minimum absolute atomic E-state index is 0.0257. The lowest BCUT2D eigenvalue weighted by Crippen LogP contribution is -2.44. The predicted octanol–water partition coefficient (Wildman–Crippen LogP) is 4.02. The van der Waals surface area contributed by atoms with Crippen LogP contribution in [0.5, 0.6) is 0 Å². The van der Waals surface area contributed by atoms with Gasteiger partial charge >= 0.3 is 0 Å². The Bertz CT molecular complexity index is 1520. The van der Waals surface area contributed by atoms with Gasteiger partial charge in [-0.25, -0.2) is 0 Å². The molecule has 0 spiro atoms. The molecule has 244 valence electrons. The summed E-state index contributed by atoms with van der Waals surface area (Å²) in [5, 5.41) is 21.9. The molecule has 6 rings (SSSR count). The van der Waals surface area contributed by atoms with E-state index in [-0.39, 0.29) is 43.3 Å². The van der Waals surface area contributed by atoms with Gasteiger partial charge in [0.05, 0.1) is 24.9 Å². The van der Waals surface area contributed by atoms with Crippen LogP contribution in [0, 0.1) is 5.92 Å². The number of amides is 4. The molecular weight excluding hydrogens is 584 g/mol. The van der Waals surface area contributed by atoms with Gasteiger partial charge in [-0.15, -0.1) is 0 Å². The fourth-order valence-electron chi connectivity index (χ4n) is 7.36. The van der Waals surface area contributed by atoms with E-state index in [4.69, 9.17) is 0 Å². The Morgan fingerprint density at radius 3 is 2.22 bits per heavy atom. The zero-order chi connectivity index (χ0) is 32.4. The fraction of sp³-hybridized carbons (Fsp3) is 0.500. The quantitative estimate of drug-likeness (QED) is 0.405. The predicted molar refractivity (Wildman–Crippen MR) is 175 cm³/mol. The van der Waals surface area contributed by atoms with Crippen LogP contribution in [0.2, 0.25) is 0 Å². The van der Waals surface area contributed by atoms with Crippen molar-refractivity contribution in [3.8, 4) is 0 Å². The Labute approximate surface area is 270 Å². The van der Waals surface area contributed by atoms with Gasteiger partial charge in [0.15, 0.2) is 5.60 Å².